The first-order valence-corrected chi connectivity index (χ1v) is 34.8. The van der Waals surface area contributed by atoms with Crippen molar-refractivity contribution in [3.05, 3.63) is 107 Å². The van der Waals surface area contributed by atoms with E-state index in [1.165, 1.54) is 56.2 Å². The number of ether oxygens (including phenoxy) is 4. The zero-order valence-electron chi connectivity index (χ0n) is 56.6. The molecule has 0 bridgehead atoms. The van der Waals surface area contributed by atoms with Crippen LogP contribution in [0.3, 0.4) is 0 Å². The molecule has 21 nitrogen and oxygen atoms in total. The van der Waals surface area contributed by atoms with E-state index in [-0.39, 0.29) is 79.0 Å². The van der Waals surface area contributed by atoms with Crippen LogP contribution in [0.2, 0.25) is 0 Å². The fourth-order valence-electron chi connectivity index (χ4n) is 14.1. The Morgan fingerprint density at radius 3 is 1.66 bits per heavy atom. The molecule has 7 amide bonds. The number of likely N-dealkylation sites (N-methyl/N-ethyl adjacent to an activating group) is 1. The van der Waals surface area contributed by atoms with Gasteiger partial charge in [0.1, 0.15) is 12.1 Å². The van der Waals surface area contributed by atoms with Gasteiger partial charge in [0.05, 0.1) is 67.9 Å². The molecule has 510 valence electrons. The fraction of sp³-hybridized carbons (Fsp3) is 0.507. The fourth-order valence-corrected chi connectivity index (χ4v) is 14.1. The highest BCUT2D eigenvalue weighted by molar-refractivity contribution is 6.07. The van der Waals surface area contributed by atoms with E-state index in [1.54, 1.807) is 66.4 Å². The molecule has 0 aromatic heterocycles. The Bertz CT molecular complexity index is 3620. The maximum atomic E-state index is 14.2. The standard InChI is InChI=1S/C75H94N10O11/c1-48(2)70(80-68(86)21-16-13-17-30-83-69(87)41-59(73(83)90)52-19-14-11-9-7-8-10-12-15-20-52)72(89)78-49(3)71(88)79-55-26-22-50(23-27-55)53-37-57-44-76-62-42-66(64(93-5)39-60(62)74(91)84(57)46-53)95-35-18-36-96-67-43-63-61(40-65(67)94-6)75(92)85-47-54(38-58(85)45-77-63)51-24-28-56(29-25-51)82-33-31-81(4)32-34-82/h22-29,39-40,42-49,52,57-59,70H,7-21,30-38,41H2,1-6H3,(H,78,89)(H,79,88)(H,80,86)/t49-,57-,58-,59?,70-/m0/s1. The molecule has 3 N–H and O–H groups in total. The summed E-state index contributed by atoms with van der Waals surface area (Å²) < 4.78 is 23.9. The molecule has 2 saturated heterocycles. The first-order chi connectivity index (χ1) is 46.5. The number of likely N-dealkylation sites (tertiary alicyclic amines) is 1. The first kappa shape index (κ1) is 68.5. The van der Waals surface area contributed by atoms with Gasteiger partial charge in [0.2, 0.25) is 29.5 Å². The lowest BCUT2D eigenvalue weighted by Crippen LogP contribution is -2.53. The van der Waals surface area contributed by atoms with Crippen LogP contribution in [-0.4, -0.2) is 165 Å². The summed E-state index contributed by atoms with van der Waals surface area (Å²) in [6, 6.07) is 20.3. The molecule has 6 aliphatic heterocycles. The average molecular weight is 1310 g/mol. The maximum Gasteiger partial charge on any atom is 0.260 e. The summed E-state index contributed by atoms with van der Waals surface area (Å²) in [7, 11) is 5.21. The molecule has 96 heavy (non-hydrogen) atoms. The number of carbonyl (C=O) groups excluding carboxylic acids is 7. The quantitative estimate of drug-likeness (QED) is 0.0438. The number of nitrogens with one attached hydrogen (secondary N) is 3. The Balaban J connectivity index is 0.610. The van der Waals surface area contributed by atoms with Crippen LogP contribution in [0.5, 0.6) is 23.0 Å². The maximum absolute atomic E-state index is 14.2. The van der Waals surface area contributed by atoms with Crippen molar-refractivity contribution in [2.45, 2.75) is 161 Å². The number of benzene rings is 4. The van der Waals surface area contributed by atoms with Crippen LogP contribution in [0.4, 0.5) is 22.7 Å². The number of methoxy groups -OCH3 is 2. The summed E-state index contributed by atoms with van der Waals surface area (Å²) in [5, 5.41) is 8.51. The molecule has 3 fully saturated rings. The van der Waals surface area contributed by atoms with Crippen LogP contribution in [0.15, 0.2) is 95.2 Å². The number of rotatable bonds is 24. The van der Waals surface area contributed by atoms with Gasteiger partial charge in [0.15, 0.2) is 23.0 Å². The number of amides is 7. The lowest BCUT2D eigenvalue weighted by molar-refractivity contribution is -0.140. The van der Waals surface area contributed by atoms with E-state index in [0.29, 0.717) is 103 Å². The van der Waals surface area contributed by atoms with Gasteiger partial charge in [0, 0.05) is 113 Å². The van der Waals surface area contributed by atoms with E-state index in [0.717, 1.165) is 74.1 Å². The molecule has 7 aliphatic rings. The Labute approximate surface area is 564 Å². The van der Waals surface area contributed by atoms with Crippen LogP contribution in [0.25, 0.3) is 11.1 Å². The molecule has 4 aromatic rings. The van der Waals surface area contributed by atoms with Crippen molar-refractivity contribution in [2.24, 2.45) is 27.7 Å². The second-order valence-corrected chi connectivity index (χ2v) is 27.0. The zero-order valence-corrected chi connectivity index (χ0v) is 56.6. The molecular formula is C75H94N10O11. The predicted molar refractivity (Wildman–Crippen MR) is 372 cm³/mol. The number of imide groups is 1. The van der Waals surface area contributed by atoms with E-state index in [1.807, 2.05) is 44.6 Å². The zero-order chi connectivity index (χ0) is 67.4. The molecule has 5 atom stereocenters. The molecule has 1 unspecified atom stereocenters. The molecular weight excluding hydrogens is 1220 g/mol. The van der Waals surface area contributed by atoms with Crippen molar-refractivity contribution in [1.82, 2.24) is 30.2 Å². The molecule has 0 spiro atoms. The molecule has 0 radical (unpaired) electrons. The first-order valence-electron chi connectivity index (χ1n) is 34.8. The highest BCUT2D eigenvalue weighted by Gasteiger charge is 2.42. The van der Waals surface area contributed by atoms with Gasteiger partial charge in [0.25, 0.3) is 11.8 Å². The number of piperazine rings is 1. The van der Waals surface area contributed by atoms with E-state index in [9.17, 15) is 33.6 Å². The Kier molecular flexibility index (Phi) is 22.7. The van der Waals surface area contributed by atoms with Crippen LogP contribution in [0.1, 0.15) is 168 Å². The molecule has 6 heterocycles. The van der Waals surface area contributed by atoms with Crippen molar-refractivity contribution in [3.63, 3.8) is 0 Å². The number of aliphatic imine (C=N–C) groups is 2. The van der Waals surface area contributed by atoms with Gasteiger partial charge in [-0.3, -0.25) is 48.4 Å². The van der Waals surface area contributed by atoms with Crippen LogP contribution in [-0.2, 0) is 24.0 Å². The molecule has 21 heteroatoms. The molecule has 11 rings (SSSR count). The number of nitrogens with zero attached hydrogens (tertiary/aromatic N) is 7. The van der Waals surface area contributed by atoms with Gasteiger partial charge < -0.3 is 54.5 Å². The van der Waals surface area contributed by atoms with Gasteiger partial charge in [-0.25, -0.2) is 0 Å². The minimum Gasteiger partial charge on any atom is -0.493 e. The number of anilines is 2. The second-order valence-electron chi connectivity index (χ2n) is 27.0. The number of unbranched alkanes of at least 4 members (excludes halogenated alkanes) is 2. The van der Waals surface area contributed by atoms with Crippen LogP contribution < -0.4 is 39.8 Å². The average Bonchev–Trinajstić information content (AvgIpc) is 1.62. The summed E-state index contributed by atoms with van der Waals surface area (Å²) >= 11 is 0. The van der Waals surface area contributed by atoms with Gasteiger partial charge >= 0.3 is 0 Å². The number of carbonyl (C=O) groups is 7. The van der Waals surface area contributed by atoms with Gasteiger partial charge in [-0.05, 0) is 110 Å². The minimum atomic E-state index is -0.925. The van der Waals surface area contributed by atoms with Crippen molar-refractivity contribution in [2.75, 3.05) is 77.4 Å². The lowest BCUT2D eigenvalue weighted by atomic mass is 9.83. The summed E-state index contributed by atoms with van der Waals surface area (Å²) in [6.07, 6.45) is 23.0. The largest absolute Gasteiger partial charge is 0.493 e. The summed E-state index contributed by atoms with van der Waals surface area (Å²) in [4.78, 5) is 114. The molecule has 1 aliphatic carbocycles. The normalized spacial score (nSPS) is 20.6. The van der Waals surface area contributed by atoms with Crippen molar-refractivity contribution < 1.29 is 52.5 Å². The third kappa shape index (κ3) is 16.3. The Morgan fingerprint density at radius 1 is 0.594 bits per heavy atom. The summed E-state index contributed by atoms with van der Waals surface area (Å²) in [5.41, 5.74) is 7.37. The van der Waals surface area contributed by atoms with Gasteiger partial charge in [-0.15, -0.1) is 0 Å². The highest BCUT2D eigenvalue weighted by atomic mass is 16.5. The number of fused-ring (bicyclic) bond motifs is 4. The van der Waals surface area contributed by atoms with Gasteiger partial charge in [-0.1, -0.05) is 95.9 Å². The minimum absolute atomic E-state index is 0.0228. The Morgan fingerprint density at radius 2 is 1.12 bits per heavy atom. The summed E-state index contributed by atoms with van der Waals surface area (Å²) in [6.45, 7) is 10.2. The third-order valence-corrected chi connectivity index (χ3v) is 19.9. The molecule has 4 aromatic carbocycles. The smallest absolute Gasteiger partial charge is 0.260 e. The van der Waals surface area contributed by atoms with Crippen molar-refractivity contribution in [3.8, 4) is 23.0 Å². The van der Waals surface area contributed by atoms with E-state index < -0.39 is 23.9 Å². The van der Waals surface area contributed by atoms with E-state index in [4.69, 9.17) is 28.9 Å². The summed E-state index contributed by atoms with van der Waals surface area (Å²) in [5.74, 6) is -0.250. The number of hydrogen-bond donors (Lipinski definition) is 3. The highest BCUT2D eigenvalue weighted by Crippen LogP contribution is 2.43. The van der Waals surface area contributed by atoms with Crippen molar-refractivity contribution in [1.29, 1.82) is 0 Å². The Hall–Kier alpha value is -8.85. The monoisotopic (exact) mass is 1310 g/mol. The third-order valence-electron chi connectivity index (χ3n) is 19.9. The van der Waals surface area contributed by atoms with Crippen LogP contribution in [0, 0.1) is 17.8 Å². The SMILES string of the molecule is COc1cc2c(cc1OCCCOc1cc3c(cc1OC)C(=O)N1C=C(c4ccc(N5CCN(C)CC5)cc4)C[C@H]1C=N3)N=C[C@@H]1CC(c3ccc(NC(=O)[C@H](C)NC(=O)[C@@H](NC(=O)CCCCCN4C(=O)CC(C5CCCCCCCCCC5)C4=O)C(C)C)cc3)=CN1C2=O. The molecule has 1 saturated carbocycles. The van der Waals surface area contributed by atoms with Crippen molar-refractivity contribution >= 4 is 87.7 Å². The second kappa shape index (κ2) is 31.8. The van der Waals surface area contributed by atoms with E-state index >= 15 is 0 Å². The lowest BCUT2D eigenvalue weighted by Gasteiger charge is -2.34. The predicted octanol–water partition coefficient (Wildman–Crippen LogP) is 11.3. The van der Waals surface area contributed by atoms with Gasteiger partial charge in [-0.2, -0.15) is 0 Å². The number of hydrogen-bond acceptors (Lipinski definition) is 15. The van der Waals surface area contributed by atoms with Crippen LogP contribution >= 0.6 is 0 Å². The topological polar surface area (TPSA) is 233 Å². The van der Waals surface area contributed by atoms with E-state index in [2.05, 4.69) is 57.1 Å².